The molecule has 18 heavy (non-hydrogen) atoms. The number of rotatable bonds is 1. The number of nitrogens with one attached hydrogen (secondary N) is 3. The summed E-state index contributed by atoms with van der Waals surface area (Å²) in [4.78, 5) is 17.6. The summed E-state index contributed by atoms with van der Waals surface area (Å²) in [5.41, 5.74) is 2.34. The normalized spacial score (nSPS) is 35.1. The summed E-state index contributed by atoms with van der Waals surface area (Å²) in [5.74, 6) is 0. The quantitative estimate of drug-likeness (QED) is 0.597. The molecule has 0 saturated carbocycles. The Bertz CT molecular complexity index is 533. The van der Waals surface area contributed by atoms with E-state index in [9.17, 15) is 4.79 Å². The van der Waals surface area contributed by atoms with Gasteiger partial charge in [-0.2, -0.15) is 0 Å². The van der Waals surface area contributed by atoms with Gasteiger partial charge >= 0.3 is 5.69 Å². The smallest absolute Gasteiger partial charge is 0.311 e. The van der Waals surface area contributed by atoms with E-state index in [1.807, 2.05) is 4.57 Å². The first-order valence-corrected chi connectivity index (χ1v) is 6.74. The fourth-order valence-corrected chi connectivity index (χ4v) is 3.64. The molecular weight excluding hydrogens is 230 g/mol. The van der Waals surface area contributed by atoms with Crippen LogP contribution in [0.1, 0.15) is 24.0 Å². The molecule has 1 unspecified atom stereocenters. The lowest BCUT2D eigenvalue weighted by molar-refractivity contribution is 0.146. The second-order valence-electron chi connectivity index (χ2n) is 5.62. The van der Waals surface area contributed by atoms with Crippen LogP contribution in [0.25, 0.3) is 0 Å². The SMILES string of the molecule is CN1C(n2c3c([nH]c2=O)CNCC3)C[C@@H]2NC[C@@H]21. The van der Waals surface area contributed by atoms with Crippen LogP contribution in [-0.4, -0.2) is 46.7 Å². The Kier molecular flexibility index (Phi) is 2.21. The predicted octanol–water partition coefficient (Wildman–Crippen LogP) is -1.00. The molecule has 3 aliphatic rings. The van der Waals surface area contributed by atoms with Gasteiger partial charge in [0.25, 0.3) is 0 Å². The van der Waals surface area contributed by atoms with Crippen molar-refractivity contribution in [3.05, 3.63) is 21.9 Å². The molecule has 3 aliphatic heterocycles. The van der Waals surface area contributed by atoms with Crippen molar-refractivity contribution in [2.24, 2.45) is 0 Å². The number of aromatic nitrogens is 2. The van der Waals surface area contributed by atoms with Gasteiger partial charge in [-0.1, -0.05) is 0 Å². The van der Waals surface area contributed by atoms with Gasteiger partial charge in [0.05, 0.1) is 11.9 Å². The summed E-state index contributed by atoms with van der Waals surface area (Å²) in [6, 6.07) is 1.17. The minimum Gasteiger partial charge on any atom is -0.311 e. The minimum absolute atomic E-state index is 0.0573. The molecule has 0 amide bonds. The van der Waals surface area contributed by atoms with Gasteiger partial charge in [-0.25, -0.2) is 4.79 Å². The molecule has 1 aromatic rings. The number of nitrogens with zero attached hydrogens (tertiary/aromatic N) is 2. The molecule has 3 N–H and O–H groups in total. The molecule has 6 nitrogen and oxygen atoms in total. The van der Waals surface area contributed by atoms with Crippen LogP contribution < -0.4 is 16.3 Å². The zero-order chi connectivity index (χ0) is 12.3. The van der Waals surface area contributed by atoms with Crippen LogP contribution in [0, 0.1) is 0 Å². The van der Waals surface area contributed by atoms with Crippen molar-refractivity contribution in [3.63, 3.8) is 0 Å². The summed E-state index contributed by atoms with van der Waals surface area (Å²) < 4.78 is 2.00. The summed E-state index contributed by atoms with van der Waals surface area (Å²) in [6.07, 6.45) is 2.21. The van der Waals surface area contributed by atoms with E-state index >= 15 is 0 Å². The lowest BCUT2D eigenvalue weighted by Crippen LogP contribution is -2.58. The first-order valence-electron chi connectivity index (χ1n) is 6.74. The highest BCUT2D eigenvalue weighted by Crippen LogP contribution is 2.35. The van der Waals surface area contributed by atoms with E-state index in [1.165, 1.54) is 5.69 Å². The van der Waals surface area contributed by atoms with E-state index < -0.39 is 0 Å². The average Bonchev–Trinajstić information content (AvgIpc) is 2.74. The molecule has 0 aromatic carbocycles. The maximum atomic E-state index is 12.2. The van der Waals surface area contributed by atoms with Crippen molar-refractivity contribution in [2.45, 2.75) is 37.6 Å². The third-order valence-electron chi connectivity index (χ3n) is 4.77. The van der Waals surface area contributed by atoms with Crippen molar-refractivity contribution in [1.29, 1.82) is 0 Å². The van der Waals surface area contributed by atoms with Crippen molar-refractivity contribution in [3.8, 4) is 0 Å². The van der Waals surface area contributed by atoms with Gasteiger partial charge in [-0.05, 0) is 13.5 Å². The fraction of sp³-hybridized carbons (Fsp3) is 0.750. The minimum atomic E-state index is 0.0573. The Hall–Kier alpha value is -1.11. The predicted molar refractivity (Wildman–Crippen MR) is 67.5 cm³/mol. The fourth-order valence-electron chi connectivity index (χ4n) is 3.64. The first kappa shape index (κ1) is 10.8. The molecule has 2 fully saturated rings. The van der Waals surface area contributed by atoms with Crippen LogP contribution >= 0.6 is 0 Å². The van der Waals surface area contributed by atoms with Gasteiger partial charge < -0.3 is 15.6 Å². The van der Waals surface area contributed by atoms with Crippen molar-refractivity contribution >= 4 is 0 Å². The summed E-state index contributed by atoms with van der Waals surface area (Å²) in [6.45, 7) is 2.81. The van der Waals surface area contributed by atoms with E-state index in [1.54, 1.807) is 0 Å². The number of H-pyrrole nitrogens is 1. The zero-order valence-electron chi connectivity index (χ0n) is 10.6. The molecule has 0 radical (unpaired) electrons. The van der Waals surface area contributed by atoms with Crippen LogP contribution in [0.5, 0.6) is 0 Å². The second-order valence-corrected chi connectivity index (χ2v) is 5.62. The second kappa shape index (κ2) is 3.69. The number of imidazole rings is 1. The van der Waals surface area contributed by atoms with Crippen LogP contribution in [-0.2, 0) is 13.0 Å². The number of hydrogen-bond acceptors (Lipinski definition) is 4. The van der Waals surface area contributed by atoms with Crippen LogP contribution in [0.4, 0.5) is 0 Å². The van der Waals surface area contributed by atoms with Gasteiger partial charge in [0.15, 0.2) is 0 Å². The van der Waals surface area contributed by atoms with Crippen molar-refractivity contribution in [2.75, 3.05) is 20.1 Å². The molecule has 3 atom stereocenters. The largest absolute Gasteiger partial charge is 0.327 e. The molecule has 4 heterocycles. The number of likely N-dealkylation sites (N-methyl/N-ethyl adjacent to an activating group) is 1. The molecule has 6 heteroatoms. The maximum absolute atomic E-state index is 12.2. The number of aromatic amines is 1. The highest BCUT2D eigenvalue weighted by molar-refractivity contribution is 5.18. The number of likely N-dealkylation sites (tertiary alicyclic amines) is 1. The van der Waals surface area contributed by atoms with Gasteiger partial charge in [0, 0.05) is 43.8 Å². The summed E-state index contributed by atoms with van der Waals surface area (Å²) in [7, 11) is 2.14. The molecule has 4 rings (SSSR count). The average molecular weight is 249 g/mol. The third-order valence-corrected chi connectivity index (χ3v) is 4.77. The highest BCUT2D eigenvalue weighted by atomic mass is 16.1. The Balaban J connectivity index is 1.76. The van der Waals surface area contributed by atoms with Gasteiger partial charge in [0.2, 0.25) is 0 Å². The van der Waals surface area contributed by atoms with E-state index in [4.69, 9.17) is 0 Å². The highest BCUT2D eigenvalue weighted by Gasteiger charge is 2.46. The lowest BCUT2D eigenvalue weighted by Gasteiger charge is -2.36. The Morgan fingerprint density at radius 1 is 1.39 bits per heavy atom. The monoisotopic (exact) mass is 249 g/mol. The van der Waals surface area contributed by atoms with Crippen LogP contribution in [0.3, 0.4) is 0 Å². The van der Waals surface area contributed by atoms with Crippen molar-refractivity contribution < 1.29 is 0 Å². The van der Waals surface area contributed by atoms with E-state index in [-0.39, 0.29) is 11.9 Å². The standard InChI is InChI=1S/C12H19N5O/c1-16-10-6-14-7(10)4-11(16)17-9-2-3-13-5-8(9)15-12(17)18/h7,10-11,13-14H,2-6H2,1H3,(H,15,18)/t7-,10-,11?/m0/s1. The topological polar surface area (TPSA) is 65.1 Å². The molecule has 98 valence electrons. The number of fused-ring (bicyclic) bond motifs is 2. The Morgan fingerprint density at radius 2 is 2.28 bits per heavy atom. The molecule has 2 saturated heterocycles. The van der Waals surface area contributed by atoms with E-state index in [0.29, 0.717) is 12.1 Å². The summed E-state index contributed by atoms with van der Waals surface area (Å²) >= 11 is 0. The first-order chi connectivity index (χ1) is 8.75. The van der Waals surface area contributed by atoms with E-state index in [0.717, 1.165) is 38.2 Å². The molecule has 1 aromatic heterocycles. The van der Waals surface area contributed by atoms with Gasteiger partial charge in [-0.15, -0.1) is 0 Å². The van der Waals surface area contributed by atoms with E-state index in [2.05, 4.69) is 27.6 Å². The third kappa shape index (κ3) is 1.31. The maximum Gasteiger partial charge on any atom is 0.327 e. The Morgan fingerprint density at radius 3 is 2.94 bits per heavy atom. The molecule has 0 aliphatic carbocycles. The molecule has 0 spiro atoms. The molecular formula is C12H19N5O. The van der Waals surface area contributed by atoms with Crippen LogP contribution in [0.15, 0.2) is 4.79 Å². The Labute approximate surface area is 105 Å². The number of hydrogen-bond donors (Lipinski definition) is 3. The zero-order valence-corrected chi connectivity index (χ0v) is 10.6. The molecule has 0 bridgehead atoms. The van der Waals surface area contributed by atoms with Crippen molar-refractivity contribution in [1.82, 2.24) is 25.1 Å². The summed E-state index contributed by atoms with van der Waals surface area (Å²) in [5, 5.41) is 6.75. The van der Waals surface area contributed by atoms with Crippen LogP contribution in [0.2, 0.25) is 0 Å². The van der Waals surface area contributed by atoms with Gasteiger partial charge in [0.1, 0.15) is 0 Å². The van der Waals surface area contributed by atoms with Gasteiger partial charge in [-0.3, -0.25) is 9.47 Å². The lowest BCUT2D eigenvalue weighted by atomic mass is 10.0.